The molecule has 0 fully saturated rings. The van der Waals surface area contributed by atoms with E-state index in [4.69, 9.17) is 23.2 Å². The first-order valence-corrected chi connectivity index (χ1v) is 13.3. The smallest absolute Gasteiger partial charge is 0.416 e. The molecule has 3 aromatic rings. The fourth-order valence-corrected chi connectivity index (χ4v) is 5.93. The Labute approximate surface area is 225 Å². The van der Waals surface area contributed by atoms with Gasteiger partial charge in [0.2, 0.25) is 0 Å². The highest BCUT2D eigenvalue weighted by Crippen LogP contribution is 2.45. The molecular weight excluding hydrogens is 522 g/mol. The molecule has 2 aromatic carbocycles. The Balaban J connectivity index is 1.91. The predicted molar refractivity (Wildman–Crippen MR) is 141 cm³/mol. The lowest BCUT2D eigenvalue weighted by atomic mass is 9.83. The number of hydrogen-bond acceptors (Lipinski definition) is 1. The van der Waals surface area contributed by atoms with Crippen molar-refractivity contribution in [1.29, 1.82) is 0 Å². The summed E-state index contributed by atoms with van der Waals surface area (Å²) in [6.07, 6.45) is 1.53. The van der Waals surface area contributed by atoms with Gasteiger partial charge in [0.25, 0.3) is 0 Å². The summed E-state index contributed by atoms with van der Waals surface area (Å²) in [6, 6.07) is 10.4. The summed E-state index contributed by atoms with van der Waals surface area (Å²) in [6.45, 7) is 4.22. The van der Waals surface area contributed by atoms with Crippen molar-refractivity contribution in [2.75, 3.05) is 0 Å². The number of alkyl halides is 3. The van der Waals surface area contributed by atoms with Crippen LogP contribution in [-0.2, 0) is 17.4 Å². The number of aromatic nitrogens is 1. The summed E-state index contributed by atoms with van der Waals surface area (Å²) in [5.74, 6) is -0.676. The van der Waals surface area contributed by atoms with Crippen molar-refractivity contribution >= 4 is 29.2 Å². The van der Waals surface area contributed by atoms with E-state index >= 15 is 0 Å². The quantitative estimate of drug-likeness (QED) is 0.303. The number of aliphatic carboxylic acids is 1. The van der Waals surface area contributed by atoms with Crippen LogP contribution in [-0.4, -0.2) is 15.6 Å². The van der Waals surface area contributed by atoms with Gasteiger partial charge in [0, 0.05) is 39.0 Å². The largest absolute Gasteiger partial charge is 0.481 e. The molecule has 3 nitrogen and oxygen atoms in total. The van der Waals surface area contributed by atoms with Gasteiger partial charge < -0.3 is 9.67 Å². The molecule has 0 spiro atoms. The second-order valence-electron chi connectivity index (χ2n) is 10.2. The number of nitrogens with zero attached hydrogens (tertiary/aromatic N) is 1. The molecule has 37 heavy (non-hydrogen) atoms. The van der Waals surface area contributed by atoms with Crippen molar-refractivity contribution in [3.05, 3.63) is 81.1 Å². The van der Waals surface area contributed by atoms with E-state index in [9.17, 15) is 23.1 Å². The maximum Gasteiger partial charge on any atom is 0.416 e. The van der Waals surface area contributed by atoms with Gasteiger partial charge in [-0.15, -0.1) is 0 Å². The highest BCUT2D eigenvalue weighted by Gasteiger charge is 2.33. The monoisotopic (exact) mass is 551 g/mol. The van der Waals surface area contributed by atoms with Crippen LogP contribution in [0, 0.1) is 5.92 Å². The van der Waals surface area contributed by atoms with Crippen LogP contribution >= 0.6 is 23.2 Å². The zero-order chi connectivity index (χ0) is 26.9. The Bertz CT molecular complexity index is 1270. The van der Waals surface area contributed by atoms with Crippen molar-refractivity contribution in [2.45, 2.75) is 70.5 Å². The second kappa shape index (κ2) is 11.1. The third kappa shape index (κ3) is 6.18. The lowest BCUT2D eigenvalue weighted by Crippen LogP contribution is -2.21. The van der Waals surface area contributed by atoms with Gasteiger partial charge in [0.15, 0.2) is 0 Å². The van der Waals surface area contributed by atoms with E-state index in [1.807, 2.05) is 12.3 Å². The summed E-state index contributed by atoms with van der Waals surface area (Å²) in [4.78, 5) is 11.8. The van der Waals surface area contributed by atoms with Crippen LogP contribution in [0.4, 0.5) is 13.2 Å². The maximum atomic E-state index is 13.3. The molecular formula is C29H30Cl2F3NO2. The number of fused-ring (bicyclic) bond motifs is 1. The van der Waals surface area contributed by atoms with Crippen LogP contribution in [0.15, 0.2) is 48.7 Å². The SMILES string of the molecule is CC(C)CC[C@H](c1ccc(C(F)(F)F)cc1)n1cc(-c2ccc(Cl)cc2Cl)c2c1C(CC(=O)O)CCC2. The summed E-state index contributed by atoms with van der Waals surface area (Å²) < 4.78 is 41.9. The minimum absolute atomic E-state index is 0.00524. The van der Waals surface area contributed by atoms with Crippen LogP contribution < -0.4 is 0 Å². The molecule has 0 radical (unpaired) electrons. The van der Waals surface area contributed by atoms with Gasteiger partial charge in [-0.25, -0.2) is 0 Å². The Morgan fingerprint density at radius 2 is 1.78 bits per heavy atom. The molecule has 2 atom stereocenters. The number of hydrogen-bond donors (Lipinski definition) is 1. The average molecular weight is 552 g/mol. The molecule has 1 aromatic heterocycles. The summed E-state index contributed by atoms with van der Waals surface area (Å²) in [5, 5.41) is 10.7. The molecule has 4 rings (SSSR count). The van der Waals surface area contributed by atoms with Gasteiger partial charge in [-0.3, -0.25) is 4.79 Å². The normalized spacial score (nSPS) is 16.6. The first-order chi connectivity index (χ1) is 17.5. The minimum Gasteiger partial charge on any atom is -0.481 e. The summed E-state index contributed by atoms with van der Waals surface area (Å²) in [7, 11) is 0. The molecule has 8 heteroatoms. The number of halogens is 5. The summed E-state index contributed by atoms with van der Waals surface area (Å²) >= 11 is 12.7. The topological polar surface area (TPSA) is 42.2 Å². The number of carboxylic acid groups (broad SMARTS) is 1. The van der Waals surface area contributed by atoms with Crippen molar-refractivity contribution in [1.82, 2.24) is 4.57 Å². The molecule has 0 amide bonds. The maximum absolute atomic E-state index is 13.3. The van der Waals surface area contributed by atoms with E-state index in [1.54, 1.807) is 24.3 Å². The summed E-state index contributed by atoms with van der Waals surface area (Å²) in [5.41, 5.74) is 3.82. The van der Waals surface area contributed by atoms with Crippen LogP contribution in [0.2, 0.25) is 10.0 Å². The number of rotatable bonds is 8. The molecule has 0 saturated heterocycles. The molecule has 1 unspecified atom stereocenters. The van der Waals surface area contributed by atoms with Gasteiger partial charge in [0.05, 0.1) is 18.0 Å². The van der Waals surface area contributed by atoms with Crippen LogP contribution in [0.1, 0.15) is 80.3 Å². The number of carbonyl (C=O) groups is 1. The minimum atomic E-state index is -4.41. The predicted octanol–water partition coefficient (Wildman–Crippen LogP) is 9.40. The van der Waals surface area contributed by atoms with Crippen LogP contribution in [0.25, 0.3) is 11.1 Å². The zero-order valence-electron chi connectivity index (χ0n) is 20.8. The molecule has 0 bridgehead atoms. The van der Waals surface area contributed by atoms with Crippen molar-refractivity contribution in [3.8, 4) is 11.1 Å². The van der Waals surface area contributed by atoms with Gasteiger partial charge >= 0.3 is 12.1 Å². The third-order valence-electron chi connectivity index (χ3n) is 7.17. The van der Waals surface area contributed by atoms with Crippen LogP contribution in [0.3, 0.4) is 0 Å². The second-order valence-corrected chi connectivity index (χ2v) is 11.1. The Morgan fingerprint density at radius 3 is 2.38 bits per heavy atom. The first-order valence-electron chi connectivity index (χ1n) is 12.5. The van der Waals surface area contributed by atoms with Gasteiger partial charge in [0.1, 0.15) is 0 Å². The van der Waals surface area contributed by atoms with E-state index in [0.29, 0.717) is 22.4 Å². The molecule has 1 aliphatic rings. The number of benzene rings is 2. The van der Waals surface area contributed by atoms with Gasteiger partial charge in [-0.05, 0) is 73.4 Å². The van der Waals surface area contributed by atoms with E-state index in [2.05, 4.69) is 18.4 Å². The molecule has 0 saturated carbocycles. The van der Waals surface area contributed by atoms with E-state index in [0.717, 1.165) is 65.8 Å². The van der Waals surface area contributed by atoms with Crippen molar-refractivity contribution < 1.29 is 23.1 Å². The molecule has 0 aliphatic heterocycles. The molecule has 1 heterocycles. The van der Waals surface area contributed by atoms with Gasteiger partial charge in [-0.2, -0.15) is 13.2 Å². The molecule has 198 valence electrons. The zero-order valence-corrected chi connectivity index (χ0v) is 22.3. The molecule has 1 N–H and O–H groups in total. The highest BCUT2D eigenvalue weighted by atomic mass is 35.5. The standard InChI is InChI=1S/C29H30Cl2F3NO2/c1-17(2)6-13-26(18-7-9-20(10-8-18)29(32,33)34)35-16-24(22-12-11-21(30)15-25(22)31)23-5-3-4-19(28(23)35)14-27(36)37/h7-12,15-17,19,26H,3-6,13-14H2,1-2H3,(H,36,37)/t19?,26-/m1/s1. The fraction of sp³-hybridized carbons (Fsp3) is 0.414. The Kier molecular flexibility index (Phi) is 8.29. The number of carboxylic acids is 1. The molecule has 1 aliphatic carbocycles. The first kappa shape index (κ1) is 27.6. The van der Waals surface area contributed by atoms with Crippen molar-refractivity contribution in [2.24, 2.45) is 5.92 Å². The van der Waals surface area contributed by atoms with E-state index < -0.39 is 17.7 Å². The third-order valence-corrected chi connectivity index (χ3v) is 7.71. The van der Waals surface area contributed by atoms with E-state index in [1.165, 1.54) is 0 Å². The van der Waals surface area contributed by atoms with E-state index in [-0.39, 0.29) is 18.4 Å². The lowest BCUT2D eigenvalue weighted by Gasteiger charge is -2.29. The average Bonchev–Trinajstić information content (AvgIpc) is 3.19. The fourth-order valence-electron chi connectivity index (χ4n) is 5.42. The van der Waals surface area contributed by atoms with Gasteiger partial charge in [-0.1, -0.05) is 55.2 Å². The van der Waals surface area contributed by atoms with Crippen molar-refractivity contribution in [3.63, 3.8) is 0 Å². The highest BCUT2D eigenvalue weighted by molar-refractivity contribution is 6.36. The van der Waals surface area contributed by atoms with Crippen LogP contribution in [0.5, 0.6) is 0 Å². The Morgan fingerprint density at radius 1 is 1.08 bits per heavy atom. The lowest BCUT2D eigenvalue weighted by molar-refractivity contribution is -0.138. The Hall–Kier alpha value is -2.44.